The molecule has 8 nitrogen and oxygen atoms in total. The first-order valence-corrected chi connectivity index (χ1v) is 9.41. The smallest absolute Gasteiger partial charge is 0.343 e. The molecule has 1 aromatic rings. The lowest BCUT2D eigenvalue weighted by molar-refractivity contribution is -0.143. The highest BCUT2D eigenvalue weighted by molar-refractivity contribution is 5.78. The molecule has 0 radical (unpaired) electrons. The van der Waals surface area contributed by atoms with Crippen LogP contribution in [-0.2, 0) is 14.3 Å². The van der Waals surface area contributed by atoms with Crippen molar-refractivity contribution in [1.29, 1.82) is 0 Å². The van der Waals surface area contributed by atoms with Gasteiger partial charge in [-0.15, -0.1) is 0 Å². The summed E-state index contributed by atoms with van der Waals surface area (Å²) in [6.45, 7) is 7.34. The molecule has 0 unspecified atom stereocenters. The van der Waals surface area contributed by atoms with E-state index in [2.05, 4.69) is 19.9 Å². The van der Waals surface area contributed by atoms with Crippen LogP contribution in [0.4, 0.5) is 5.69 Å². The molecular formula is C19H28N4O4. The van der Waals surface area contributed by atoms with Crippen molar-refractivity contribution in [3.63, 3.8) is 0 Å². The van der Waals surface area contributed by atoms with Crippen LogP contribution >= 0.6 is 0 Å². The van der Waals surface area contributed by atoms with Gasteiger partial charge < -0.3 is 24.6 Å². The highest BCUT2D eigenvalue weighted by Gasteiger charge is 2.23. The number of nitrogens with one attached hydrogen (secondary N) is 1. The van der Waals surface area contributed by atoms with Crippen molar-refractivity contribution in [2.45, 2.75) is 0 Å². The Bertz CT molecular complexity index is 623. The van der Waals surface area contributed by atoms with Gasteiger partial charge in [-0.2, -0.15) is 0 Å². The van der Waals surface area contributed by atoms with Crippen LogP contribution in [0, 0.1) is 0 Å². The van der Waals surface area contributed by atoms with Gasteiger partial charge in [-0.05, 0) is 24.3 Å². The monoisotopic (exact) mass is 376 g/mol. The van der Waals surface area contributed by atoms with Crippen LogP contribution < -0.4 is 15.0 Å². The van der Waals surface area contributed by atoms with Gasteiger partial charge in [0.25, 0.3) is 0 Å². The molecule has 148 valence electrons. The van der Waals surface area contributed by atoms with E-state index in [1.807, 2.05) is 29.2 Å². The normalized spacial score (nSPS) is 18.3. The third kappa shape index (κ3) is 5.58. The molecule has 0 atom stereocenters. The molecule has 2 heterocycles. The highest BCUT2D eigenvalue weighted by atomic mass is 16.6. The van der Waals surface area contributed by atoms with E-state index < -0.39 is 5.97 Å². The molecule has 1 N–H and O–H groups in total. The van der Waals surface area contributed by atoms with Crippen LogP contribution in [-0.4, -0.2) is 94.3 Å². The second-order valence-electron chi connectivity index (χ2n) is 6.75. The van der Waals surface area contributed by atoms with Crippen LogP contribution in [0.25, 0.3) is 0 Å². The SMILES string of the molecule is COC(=O)COc1ccc(N2CCN(C(=O)CN3CCNCC3)CC2)cc1. The van der Waals surface area contributed by atoms with Crippen molar-refractivity contribution < 1.29 is 19.1 Å². The fourth-order valence-corrected chi connectivity index (χ4v) is 3.33. The third-order valence-electron chi connectivity index (χ3n) is 4.99. The zero-order chi connectivity index (χ0) is 19.1. The average molecular weight is 376 g/mol. The Morgan fingerprint density at radius 1 is 1.00 bits per heavy atom. The average Bonchev–Trinajstić information content (AvgIpc) is 2.73. The maximum absolute atomic E-state index is 12.5. The molecule has 0 spiro atoms. The first-order valence-electron chi connectivity index (χ1n) is 9.41. The van der Waals surface area contributed by atoms with Crippen molar-refractivity contribution in [2.24, 2.45) is 0 Å². The number of benzene rings is 1. The summed E-state index contributed by atoms with van der Waals surface area (Å²) in [4.78, 5) is 30.1. The maximum atomic E-state index is 12.5. The Morgan fingerprint density at radius 2 is 1.67 bits per heavy atom. The molecule has 27 heavy (non-hydrogen) atoms. The lowest BCUT2D eigenvalue weighted by Crippen LogP contribution is -2.53. The molecule has 2 saturated heterocycles. The number of carbonyl (C=O) groups is 2. The molecule has 2 aliphatic heterocycles. The molecule has 3 rings (SSSR count). The van der Waals surface area contributed by atoms with Crippen LogP contribution in [0.5, 0.6) is 5.75 Å². The Balaban J connectivity index is 1.44. The van der Waals surface area contributed by atoms with Gasteiger partial charge in [-0.25, -0.2) is 4.79 Å². The molecule has 2 aliphatic rings. The Morgan fingerprint density at radius 3 is 2.30 bits per heavy atom. The fourth-order valence-electron chi connectivity index (χ4n) is 3.33. The molecule has 1 aromatic carbocycles. The first-order chi connectivity index (χ1) is 13.2. The van der Waals surface area contributed by atoms with E-state index in [-0.39, 0.29) is 12.5 Å². The predicted molar refractivity (Wildman–Crippen MR) is 102 cm³/mol. The van der Waals surface area contributed by atoms with Crippen LogP contribution in [0.3, 0.4) is 0 Å². The van der Waals surface area contributed by atoms with Gasteiger partial charge in [-0.3, -0.25) is 9.69 Å². The number of amides is 1. The van der Waals surface area contributed by atoms with Crippen molar-refractivity contribution in [1.82, 2.24) is 15.1 Å². The summed E-state index contributed by atoms with van der Waals surface area (Å²) in [5.74, 6) is 0.456. The lowest BCUT2D eigenvalue weighted by Gasteiger charge is -2.37. The van der Waals surface area contributed by atoms with Crippen LogP contribution in [0.1, 0.15) is 0 Å². The van der Waals surface area contributed by atoms with Crippen LogP contribution in [0.2, 0.25) is 0 Å². The number of carbonyl (C=O) groups excluding carboxylic acids is 2. The zero-order valence-electron chi connectivity index (χ0n) is 15.9. The van der Waals surface area contributed by atoms with Crippen molar-refractivity contribution in [3.05, 3.63) is 24.3 Å². The predicted octanol–water partition coefficient (Wildman–Crippen LogP) is -0.208. The summed E-state index contributed by atoms with van der Waals surface area (Å²) in [7, 11) is 1.34. The number of ether oxygens (including phenoxy) is 2. The van der Waals surface area contributed by atoms with Crippen molar-refractivity contribution >= 4 is 17.6 Å². The van der Waals surface area contributed by atoms with E-state index in [0.717, 1.165) is 58.0 Å². The molecular weight excluding hydrogens is 348 g/mol. The summed E-state index contributed by atoms with van der Waals surface area (Å²) >= 11 is 0. The van der Waals surface area contributed by atoms with E-state index in [1.54, 1.807) is 0 Å². The third-order valence-corrected chi connectivity index (χ3v) is 4.99. The van der Waals surface area contributed by atoms with Crippen molar-refractivity contribution in [2.75, 3.05) is 77.5 Å². The van der Waals surface area contributed by atoms with Gasteiger partial charge in [0.05, 0.1) is 13.7 Å². The van der Waals surface area contributed by atoms with Gasteiger partial charge in [0.1, 0.15) is 5.75 Å². The minimum Gasteiger partial charge on any atom is -0.482 e. The zero-order valence-corrected chi connectivity index (χ0v) is 15.9. The summed E-state index contributed by atoms with van der Waals surface area (Å²) < 4.78 is 9.92. The Hall–Kier alpha value is -2.32. The summed E-state index contributed by atoms with van der Waals surface area (Å²) in [5, 5.41) is 3.31. The summed E-state index contributed by atoms with van der Waals surface area (Å²) in [6, 6.07) is 7.65. The summed E-state index contributed by atoms with van der Waals surface area (Å²) in [5.41, 5.74) is 1.09. The number of methoxy groups -OCH3 is 1. The van der Waals surface area contributed by atoms with E-state index in [1.165, 1.54) is 7.11 Å². The second-order valence-corrected chi connectivity index (χ2v) is 6.75. The molecule has 8 heteroatoms. The number of hydrogen-bond donors (Lipinski definition) is 1. The number of hydrogen-bond acceptors (Lipinski definition) is 7. The van der Waals surface area contributed by atoms with Gasteiger partial charge >= 0.3 is 5.97 Å². The molecule has 0 aliphatic carbocycles. The number of rotatable bonds is 6. The standard InChI is InChI=1S/C19H28N4O4/c1-26-19(25)15-27-17-4-2-16(3-5-17)22-10-12-23(13-11-22)18(24)14-21-8-6-20-7-9-21/h2-5,20H,6-15H2,1H3. The highest BCUT2D eigenvalue weighted by Crippen LogP contribution is 2.21. The first kappa shape index (κ1) is 19.4. The van der Waals surface area contributed by atoms with Gasteiger partial charge in [0.2, 0.25) is 5.91 Å². The molecule has 0 saturated carbocycles. The number of esters is 1. The lowest BCUT2D eigenvalue weighted by atomic mass is 10.2. The molecule has 0 bridgehead atoms. The fraction of sp³-hybridized carbons (Fsp3) is 0.579. The summed E-state index contributed by atoms with van der Waals surface area (Å²) in [6.07, 6.45) is 0. The molecule has 1 amide bonds. The molecule has 0 aromatic heterocycles. The van der Waals surface area contributed by atoms with Gasteiger partial charge in [0.15, 0.2) is 6.61 Å². The number of nitrogens with zero attached hydrogens (tertiary/aromatic N) is 3. The maximum Gasteiger partial charge on any atom is 0.343 e. The van der Waals surface area contributed by atoms with Crippen LogP contribution in [0.15, 0.2) is 24.3 Å². The van der Waals surface area contributed by atoms with E-state index in [4.69, 9.17) is 4.74 Å². The van der Waals surface area contributed by atoms with Crippen molar-refractivity contribution in [3.8, 4) is 5.75 Å². The van der Waals surface area contributed by atoms with E-state index in [9.17, 15) is 9.59 Å². The number of piperazine rings is 2. The minimum atomic E-state index is -0.402. The minimum absolute atomic E-state index is 0.0935. The van der Waals surface area contributed by atoms with Gasteiger partial charge in [0, 0.05) is 58.0 Å². The second kappa shape index (κ2) is 9.57. The number of anilines is 1. The largest absolute Gasteiger partial charge is 0.482 e. The Kier molecular flexibility index (Phi) is 6.89. The topological polar surface area (TPSA) is 74.4 Å². The van der Waals surface area contributed by atoms with E-state index in [0.29, 0.717) is 12.3 Å². The Labute approximate surface area is 160 Å². The quantitative estimate of drug-likeness (QED) is 0.689. The van der Waals surface area contributed by atoms with Gasteiger partial charge in [-0.1, -0.05) is 0 Å². The molecule has 2 fully saturated rings. The van der Waals surface area contributed by atoms with E-state index >= 15 is 0 Å².